The minimum absolute atomic E-state index is 0.0525. The molecule has 3 rings (SSSR count). The number of nitrogens with zero attached hydrogens (tertiary/aromatic N) is 4. The first-order valence-electron chi connectivity index (χ1n) is 10.1. The zero-order valence-corrected chi connectivity index (χ0v) is 20.1. The van der Waals surface area contributed by atoms with Crippen LogP contribution < -0.4 is 13.8 Å². The van der Waals surface area contributed by atoms with Gasteiger partial charge in [-0.2, -0.15) is 0 Å². The summed E-state index contributed by atoms with van der Waals surface area (Å²) in [6.45, 7) is 6.73. The maximum absolute atomic E-state index is 11.1. The number of anilines is 1. The molecular formula is C22H26N4O4S2. The van der Waals surface area contributed by atoms with Crippen LogP contribution in [-0.4, -0.2) is 48.8 Å². The molecule has 0 bridgehead atoms. The molecule has 0 saturated carbocycles. The standard InChI is InChI=1S/C22H26N4O4S2/c1-5-24(6-2)15-25(32-18-10-11-20(29-3)21(13-18)30-4)22-23-19(14-31-22)16-8-7-9-17(12-16)26(27)28/h7-14H,5-6,15H2,1-4H3. The zero-order chi connectivity index (χ0) is 23.1. The Morgan fingerprint density at radius 3 is 2.50 bits per heavy atom. The third-order valence-corrected chi connectivity index (χ3v) is 6.80. The second kappa shape index (κ2) is 11.2. The summed E-state index contributed by atoms with van der Waals surface area (Å²) < 4.78 is 12.9. The number of hydrogen-bond donors (Lipinski definition) is 0. The first-order chi connectivity index (χ1) is 15.5. The van der Waals surface area contributed by atoms with Gasteiger partial charge in [-0.1, -0.05) is 26.0 Å². The van der Waals surface area contributed by atoms with Gasteiger partial charge in [-0.05, 0) is 43.2 Å². The van der Waals surface area contributed by atoms with Crippen molar-refractivity contribution in [2.75, 3.05) is 38.3 Å². The molecule has 0 radical (unpaired) electrons. The van der Waals surface area contributed by atoms with E-state index in [4.69, 9.17) is 14.5 Å². The topological polar surface area (TPSA) is 81.0 Å². The Hall–Kier alpha value is -2.82. The fraction of sp³-hybridized carbons (Fsp3) is 0.318. The van der Waals surface area contributed by atoms with Crippen LogP contribution in [0, 0.1) is 10.1 Å². The second-order valence-electron chi connectivity index (χ2n) is 6.75. The quantitative estimate of drug-likeness (QED) is 0.155. The van der Waals surface area contributed by atoms with Crippen LogP contribution in [0.15, 0.2) is 52.7 Å². The average Bonchev–Trinajstić information content (AvgIpc) is 3.32. The Bertz CT molecular complexity index is 1060. The molecule has 0 spiro atoms. The predicted octanol–water partition coefficient (Wildman–Crippen LogP) is 5.55. The highest BCUT2D eigenvalue weighted by atomic mass is 32.2. The van der Waals surface area contributed by atoms with Gasteiger partial charge in [-0.3, -0.25) is 19.3 Å². The molecule has 3 aromatic rings. The van der Waals surface area contributed by atoms with Gasteiger partial charge in [0.25, 0.3) is 5.69 Å². The summed E-state index contributed by atoms with van der Waals surface area (Å²) in [5.41, 5.74) is 1.49. The molecule has 0 N–H and O–H groups in total. The maximum atomic E-state index is 11.1. The zero-order valence-electron chi connectivity index (χ0n) is 18.5. The highest BCUT2D eigenvalue weighted by Crippen LogP contribution is 2.38. The smallest absolute Gasteiger partial charge is 0.270 e. The maximum Gasteiger partial charge on any atom is 0.270 e. The summed E-state index contributed by atoms with van der Waals surface area (Å²) in [5.74, 6) is 1.34. The Balaban J connectivity index is 1.91. The molecule has 0 amide bonds. The van der Waals surface area contributed by atoms with Gasteiger partial charge in [-0.25, -0.2) is 4.98 Å². The first-order valence-corrected chi connectivity index (χ1v) is 11.7. The van der Waals surface area contributed by atoms with Gasteiger partial charge in [0.2, 0.25) is 0 Å². The number of nitro groups is 1. The SMILES string of the molecule is CCN(CC)CN(Sc1ccc(OC)c(OC)c1)c1nc(-c2cccc([N+](=O)[O-])c2)cs1. The molecule has 0 aliphatic heterocycles. The van der Waals surface area contributed by atoms with E-state index in [0.717, 1.165) is 28.7 Å². The molecule has 0 unspecified atom stereocenters. The predicted molar refractivity (Wildman–Crippen MR) is 130 cm³/mol. The molecule has 0 aliphatic carbocycles. The van der Waals surface area contributed by atoms with Crippen molar-refractivity contribution in [2.45, 2.75) is 18.7 Å². The van der Waals surface area contributed by atoms with Crippen molar-refractivity contribution in [2.24, 2.45) is 0 Å². The largest absolute Gasteiger partial charge is 0.493 e. The van der Waals surface area contributed by atoms with Crippen LogP contribution in [0.25, 0.3) is 11.3 Å². The Labute approximate surface area is 196 Å². The van der Waals surface area contributed by atoms with Crippen molar-refractivity contribution in [3.05, 3.63) is 58.0 Å². The average molecular weight is 475 g/mol. The molecule has 10 heteroatoms. The van der Waals surface area contributed by atoms with Crippen molar-refractivity contribution in [1.29, 1.82) is 0 Å². The van der Waals surface area contributed by atoms with E-state index in [1.165, 1.54) is 17.4 Å². The van der Waals surface area contributed by atoms with E-state index in [2.05, 4.69) is 23.1 Å². The molecule has 1 heterocycles. The lowest BCUT2D eigenvalue weighted by Crippen LogP contribution is -2.34. The van der Waals surface area contributed by atoms with E-state index >= 15 is 0 Å². The highest BCUT2D eigenvalue weighted by molar-refractivity contribution is 8.00. The van der Waals surface area contributed by atoms with Gasteiger partial charge in [0.1, 0.15) is 0 Å². The number of methoxy groups -OCH3 is 2. The van der Waals surface area contributed by atoms with Crippen molar-refractivity contribution < 1.29 is 14.4 Å². The van der Waals surface area contributed by atoms with Crippen LogP contribution in [0.2, 0.25) is 0 Å². The molecule has 0 atom stereocenters. The summed E-state index contributed by atoms with van der Waals surface area (Å²) in [4.78, 5) is 18.8. The van der Waals surface area contributed by atoms with E-state index in [0.29, 0.717) is 23.9 Å². The lowest BCUT2D eigenvalue weighted by Gasteiger charge is -2.27. The number of ether oxygens (including phenoxy) is 2. The minimum atomic E-state index is -0.392. The van der Waals surface area contributed by atoms with E-state index in [9.17, 15) is 10.1 Å². The van der Waals surface area contributed by atoms with Crippen molar-refractivity contribution in [1.82, 2.24) is 9.88 Å². The molecular weight excluding hydrogens is 448 g/mol. The lowest BCUT2D eigenvalue weighted by molar-refractivity contribution is -0.384. The molecule has 0 saturated heterocycles. The van der Waals surface area contributed by atoms with Gasteiger partial charge < -0.3 is 9.47 Å². The van der Waals surface area contributed by atoms with Crippen molar-refractivity contribution in [3.63, 3.8) is 0 Å². The molecule has 2 aromatic carbocycles. The van der Waals surface area contributed by atoms with Gasteiger partial charge in [0.15, 0.2) is 16.6 Å². The third-order valence-electron chi connectivity index (χ3n) is 4.85. The van der Waals surface area contributed by atoms with Crippen molar-refractivity contribution in [3.8, 4) is 22.8 Å². The Kier molecular flexibility index (Phi) is 8.32. The fourth-order valence-electron chi connectivity index (χ4n) is 3.02. The molecule has 0 aliphatic rings. The molecule has 1 aromatic heterocycles. The van der Waals surface area contributed by atoms with Gasteiger partial charge in [-0.15, -0.1) is 11.3 Å². The fourth-order valence-corrected chi connectivity index (χ4v) is 4.88. The molecule has 8 nitrogen and oxygen atoms in total. The van der Waals surface area contributed by atoms with E-state index in [1.807, 2.05) is 29.6 Å². The van der Waals surface area contributed by atoms with Crippen LogP contribution in [0.5, 0.6) is 11.5 Å². The number of nitro benzene ring substituents is 1. The summed E-state index contributed by atoms with van der Waals surface area (Å²) in [5, 5.41) is 13.9. The van der Waals surface area contributed by atoms with E-state index < -0.39 is 4.92 Å². The van der Waals surface area contributed by atoms with Crippen LogP contribution in [0.4, 0.5) is 10.8 Å². The lowest BCUT2D eigenvalue weighted by atomic mass is 10.1. The molecule has 170 valence electrons. The number of non-ortho nitro benzene ring substituents is 1. The number of thiazole rings is 1. The van der Waals surface area contributed by atoms with Gasteiger partial charge in [0, 0.05) is 28.0 Å². The monoisotopic (exact) mass is 474 g/mol. The summed E-state index contributed by atoms with van der Waals surface area (Å²) >= 11 is 3.07. The summed E-state index contributed by atoms with van der Waals surface area (Å²) in [6, 6.07) is 12.4. The Morgan fingerprint density at radius 1 is 1.09 bits per heavy atom. The number of hydrogen-bond acceptors (Lipinski definition) is 9. The van der Waals surface area contributed by atoms with Crippen molar-refractivity contribution >= 4 is 34.1 Å². The Morgan fingerprint density at radius 2 is 1.84 bits per heavy atom. The number of aromatic nitrogens is 1. The highest BCUT2D eigenvalue weighted by Gasteiger charge is 2.18. The van der Waals surface area contributed by atoms with Crippen LogP contribution >= 0.6 is 23.3 Å². The van der Waals surface area contributed by atoms with E-state index in [1.54, 1.807) is 38.3 Å². The normalized spacial score (nSPS) is 10.9. The van der Waals surface area contributed by atoms with Gasteiger partial charge in [0.05, 0.1) is 31.5 Å². The summed E-state index contributed by atoms with van der Waals surface area (Å²) in [7, 11) is 3.23. The van der Waals surface area contributed by atoms with E-state index in [-0.39, 0.29) is 5.69 Å². The summed E-state index contributed by atoms with van der Waals surface area (Å²) in [6.07, 6.45) is 0. The number of benzene rings is 2. The number of rotatable bonds is 11. The molecule has 0 fully saturated rings. The van der Waals surface area contributed by atoms with Gasteiger partial charge >= 0.3 is 0 Å². The minimum Gasteiger partial charge on any atom is -0.493 e. The van der Waals surface area contributed by atoms with Crippen LogP contribution in [0.1, 0.15) is 13.8 Å². The first kappa shape index (κ1) is 23.8. The van der Waals surface area contributed by atoms with Crippen LogP contribution in [0.3, 0.4) is 0 Å². The molecule has 32 heavy (non-hydrogen) atoms. The third kappa shape index (κ3) is 5.70. The second-order valence-corrected chi connectivity index (χ2v) is 8.69. The van der Waals surface area contributed by atoms with Crippen LogP contribution in [-0.2, 0) is 0 Å².